The molecule has 2 aromatic rings. The number of thioether (sulfide) groups is 1. The Balaban J connectivity index is 1.76. The molecular weight excluding hydrogens is 370 g/mol. The third-order valence-corrected chi connectivity index (χ3v) is 6.08. The molecule has 2 amide bonds. The number of nitrogens with zero attached hydrogens (tertiary/aromatic N) is 2. The zero-order valence-corrected chi connectivity index (χ0v) is 17.4. The summed E-state index contributed by atoms with van der Waals surface area (Å²) in [7, 11) is 0. The largest absolute Gasteiger partial charge is 0.349 e. The predicted molar refractivity (Wildman–Crippen MR) is 113 cm³/mol. The molecule has 3 rings (SSSR count). The van der Waals surface area contributed by atoms with E-state index in [0.717, 1.165) is 17.7 Å². The SMILES string of the molecule is Cc1ccc(C(=O)N2C(CC(C)C)SCC2C(=O)NCc2ccccn2)cc1. The van der Waals surface area contributed by atoms with Crippen LogP contribution >= 0.6 is 11.8 Å². The van der Waals surface area contributed by atoms with Crippen LogP contribution in [0.5, 0.6) is 0 Å². The Kier molecular flexibility index (Phi) is 6.73. The van der Waals surface area contributed by atoms with Gasteiger partial charge in [-0.15, -0.1) is 11.8 Å². The molecule has 1 aromatic heterocycles. The number of hydrogen-bond donors (Lipinski definition) is 1. The summed E-state index contributed by atoms with van der Waals surface area (Å²) in [5.74, 6) is 0.864. The average molecular weight is 398 g/mol. The normalized spacial score (nSPS) is 19.1. The van der Waals surface area contributed by atoms with Crippen LogP contribution in [-0.4, -0.2) is 38.9 Å². The molecule has 0 bridgehead atoms. The van der Waals surface area contributed by atoms with Gasteiger partial charge in [0.05, 0.1) is 17.6 Å². The summed E-state index contributed by atoms with van der Waals surface area (Å²) in [6.07, 6.45) is 2.57. The first-order chi connectivity index (χ1) is 13.5. The molecule has 6 heteroatoms. The summed E-state index contributed by atoms with van der Waals surface area (Å²) in [6.45, 7) is 6.64. The van der Waals surface area contributed by atoms with E-state index in [1.807, 2.05) is 49.4 Å². The smallest absolute Gasteiger partial charge is 0.255 e. The third-order valence-electron chi connectivity index (χ3n) is 4.77. The van der Waals surface area contributed by atoms with Gasteiger partial charge >= 0.3 is 0 Å². The van der Waals surface area contributed by atoms with E-state index in [0.29, 0.717) is 23.8 Å². The van der Waals surface area contributed by atoms with Crippen LogP contribution in [0.1, 0.15) is 41.9 Å². The molecular formula is C22H27N3O2S. The number of amides is 2. The van der Waals surface area contributed by atoms with Gasteiger partial charge in [-0.3, -0.25) is 14.6 Å². The van der Waals surface area contributed by atoms with E-state index < -0.39 is 6.04 Å². The van der Waals surface area contributed by atoms with Crippen LogP contribution in [0.15, 0.2) is 48.7 Å². The van der Waals surface area contributed by atoms with E-state index >= 15 is 0 Å². The van der Waals surface area contributed by atoms with E-state index in [1.54, 1.807) is 22.9 Å². The number of aryl methyl sites for hydroxylation is 1. The van der Waals surface area contributed by atoms with Gasteiger partial charge in [-0.2, -0.15) is 0 Å². The van der Waals surface area contributed by atoms with Gasteiger partial charge in [-0.1, -0.05) is 37.6 Å². The van der Waals surface area contributed by atoms with Crippen LogP contribution in [-0.2, 0) is 11.3 Å². The second-order valence-corrected chi connectivity index (χ2v) is 8.76. The molecule has 1 aromatic carbocycles. The zero-order chi connectivity index (χ0) is 20.1. The fourth-order valence-corrected chi connectivity index (χ4v) is 4.91. The standard InChI is InChI=1S/C22H27N3O2S/c1-15(2)12-20-25(22(27)17-9-7-16(3)8-10-17)19(14-28-20)21(26)24-13-18-6-4-5-11-23-18/h4-11,15,19-20H,12-14H2,1-3H3,(H,24,26). The molecule has 1 aliphatic rings. The lowest BCUT2D eigenvalue weighted by Gasteiger charge is -2.30. The molecule has 2 atom stereocenters. The second kappa shape index (κ2) is 9.24. The molecule has 1 saturated heterocycles. The van der Waals surface area contributed by atoms with E-state index in [1.165, 1.54) is 0 Å². The number of carbonyl (C=O) groups excluding carboxylic acids is 2. The molecule has 28 heavy (non-hydrogen) atoms. The highest BCUT2D eigenvalue weighted by Crippen LogP contribution is 2.34. The lowest BCUT2D eigenvalue weighted by molar-refractivity contribution is -0.125. The van der Waals surface area contributed by atoms with Crippen LogP contribution < -0.4 is 5.32 Å². The van der Waals surface area contributed by atoms with Crippen molar-refractivity contribution in [2.75, 3.05) is 5.75 Å². The third kappa shape index (κ3) is 4.93. The van der Waals surface area contributed by atoms with Gasteiger partial charge < -0.3 is 10.2 Å². The van der Waals surface area contributed by atoms with Crippen molar-refractivity contribution in [1.29, 1.82) is 0 Å². The summed E-state index contributed by atoms with van der Waals surface area (Å²) < 4.78 is 0. The Labute approximate surface area is 170 Å². The lowest BCUT2D eigenvalue weighted by atomic mass is 10.1. The van der Waals surface area contributed by atoms with Crippen LogP contribution in [0.3, 0.4) is 0 Å². The van der Waals surface area contributed by atoms with Crippen molar-refractivity contribution in [3.05, 3.63) is 65.5 Å². The molecule has 2 unspecified atom stereocenters. The number of rotatable bonds is 6. The molecule has 0 radical (unpaired) electrons. The fourth-order valence-electron chi connectivity index (χ4n) is 3.27. The van der Waals surface area contributed by atoms with Crippen molar-refractivity contribution in [3.8, 4) is 0 Å². The monoisotopic (exact) mass is 397 g/mol. The molecule has 5 nitrogen and oxygen atoms in total. The molecule has 1 fully saturated rings. The maximum absolute atomic E-state index is 13.3. The minimum atomic E-state index is -0.466. The van der Waals surface area contributed by atoms with Crippen molar-refractivity contribution >= 4 is 23.6 Å². The number of nitrogens with one attached hydrogen (secondary N) is 1. The Morgan fingerprint density at radius 3 is 2.61 bits per heavy atom. The summed E-state index contributed by atoms with van der Waals surface area (Å²) in [6, 6.07) is 12.7. The molecule has 1 aliphatic heterocycles. The van der Waals surface area contributed by atoms with E-state index in [9.17, 15) is 9.59 Å². The molecule has 148 valence electrons. The number of benzene rings is 1. The van der Waals surface area contributed by atoms with Crippen molar-refractivity contribution in [2.24, 2.45) is 5.92 Å². The highest BCUT2D eigenvalue weighted by atomic mass is 32.2. The quantitative estimate of drug-likeness (QED) is 0.808. The molecule has 0 aliphatic carbocycles. The van der Waals surface area contributed by atoms with Crippen LogP contribution in [0, 0.1) is 12.8 Å². The van der Waals surface area contributed by atoms with Crippen molar-refractivity contribution in [3.63, 3.8) is 0 Å². The highest BCUT2D eigenvalue weighted by molar-refractivity contribution is 8.00. The minimum Gasteiger partial charge on any atom is -0.349 e. The van der Waals surface area contributed by atoms with Crippen LogP contribution in [0.4, 0.5) is 0 Å². The zero-order valence-electron chi connectivity index (χ0n) is 16.6. The average Bonchev–Trinajstić information content (AvgIpc) is 3.10. The number of carbonyl (C=O) groups is 2. The molecule has 0 saturated carbocycles. The summed E-state index contributed by atoms with van der Waals surface area (Å²) in [5.41, 5.74) is 2.54. The first-order valence-electron chi connectivity index (χ1n) is 9.64. The van der Waals surface area contributed by atoms with Crippen molar-refractivity contribution in [2.45, 2.75) is 45.2 Å². The summed E-state index contributed by atoms with van der Waals surface area (Å²) in [5, 5.41) is 2.96. The highest BCUT2D eigenvalue weighted by Gasteiger charge is 2.41. The second-order valence-electron chi connectivity index (χ2n) is 7.55. The van der Waals surface area contributed by atoms with Gasteiger partial charge in [0.1, 0.15) is 6.04 Å². The van der Waals surface area contributed by atoms with Crippen LogP contribution in [0.2, 0.25) is 0 Å². The lowest BCUT2D eigenvalue weighted by Crippen LogP contribution is -2.50. The van der Waals surface area contributed by atoms with Gasteiger partial charge in [0.15, 0.2) is 0 Å². The Morgan fingerprint density at radius 1 is 1.21 bits per heavy atom. The first kappa shape index (κ1) is 20.4. The van der Waals surface area contributed by atoms with Gasteiger partial charge in [-0.05, 0) is 43.5 Å². The number of aromatic nitrogens is 1. The fraction of sp³-hybridized carbons (Fsp3) is 0.409. The Morgan fingerprint density at radius 2 is 1.96 bits per heavy atom. The van der Waals surface area contributed by atoms with E-state index in [2.05, 4.69) is 24.1 Å². The Hall–Kier alpha value is -2.34. The molecule has 2 heterocycles. The minimum absolute atomic E-state index is 0.0133. The van der Waals surface area contributed by atoms with Crippen molar-refractivity contribution in [1.82, 2.24) is 15.2 Å². The predicted octanol–water partition coefficient (Wildman–Crippen LogP) is 3.64. The van der Waals surface area contributed by atoms with E-state index in [-0.39, 0.29) is 17.2 Å². The topological polar surface area (TPSA) is 62.3 Å². The summed E-state index contributed by atoms with van der Waals surface area (Å²) >= 11 is 1.69. The van der Waals surface area contributed by atoms with Gasteiger partial charge in [0.25, 0.3) is 5.91 Å². The maximum atomic E-state index is 13.3. The van der Waals surface area contributed by atoms with E-state index in [4.69, 9.17) is 0 Å². The maximum Gasteiger partial charge on any atom is 0.255 e. The summed E-state index contributed by atoms with van der Waals surface area (Å²) in [4.78, 5) is 32.2. The molecule has 0 spiro atoms. The van der Waals surface area contributed by atoms with Gasteiger partial charge in [-0.25, -0.2) is 0 Å². The number of hydrogen-bond acceptors (Lipinski definition) is 4. The van der Waals surface area contributed by atoms with Crippen molar-refractivity contribution < 1.29 is 9.59 Å². The van der Waals surface area contributed by atoms with Gasteiger partial charge in [0, 0.05) is 17.5 Å². The van der Waals surface area contributed by atoms with Gasteiger partial charge in [0.2, 0.25) is 5.91 Å². The van der Waals surface area contributed by atoms with Crippen LogP contribution in [0.25, 0.3) is 0 Å². The Bertz CT molecular complexity index is 808. The number of pyridine rings is 1. The molecule has 1 N–H and O–H groups in total. The first-order valence-corrected chi connectivity index (χ1v) is 10.7.